The average molecular weight is 599 g/mol. The molecule has 0 aliphatic heterocycles. The molecule has 4 aromatic carbocycles. The first kappa shape index (κ1) is 32.8. The van der Waals surface area contributed by atoms with E-state index in [2.05, 4.69) is 24.5 Å². The van der Waals surface area contributed by atoms with Crippen molar-refractivity contribution in [2.45, 2.75) is 39.5 Å². The molecule has 4 aromatic rings. The summed E-state index contributed by atoms with van der Waals surface area (Å²) in [5, 5.41) is 10.4. The van der Waals surface area contributed by atoms with Gasteiger partial charge in [0.25, 0.3) is 0 Å². The van der Waals surface area contributed by atoms with Crippen molar-refractivity contribution in [2.24, 2.45) is 0 Å². The second-order valence-electron chi connectivity index (χ2n) is 10.8. The van der Waals surface area contributed by atoms with Gasteiger partial charge in [-0.25, -0.2) is 9.59 Å². The summed E-state index contributed by atoms with van der Waals surface area (Å²) in [6.07, 6.45) is 3.85. The van der Waals surface area contributed by atoms with E-state index in [1.165, 1.54) is 0 Å². The molecule has 0 saturated carbocycles. The van der Waals surface area contributed by atoms with Crippen LogP contribution in [-0.4, -0.2) is 74.5 Å². The van der Waals surface area contributed by atoms with Crippen molar-refractivity contribution >= 4 is 45.0 Å². The number of carbonyl (C=O) groups excluding carboxylic acids is 2. The van der Waals surface area contributed by atoms with Gasteiger partial charge in [-0.3, -0.25) is 0 Å². The molecule has 0 radical (unpaired) electrons. The van der Waals surface area contributed by atoms with Crippen molar-refractivity contribution in [3.8, 4) is 0 Å². The van der Waals surface area contributed by atoms with Crippen molar-refractivity contribution in [1.82, 2.24) is 9.80 Å². The lowest BCUT2D eigenvalue weighted by Gasteiger charge is -2.24. The number of anilines is 2. The zero-order chi connectivity index (χ0) is 31.0. The van der Waals surface area contributed by atoms with Crippen LogP contribution in [0.15, 0.2) is 84.9 Å². The summed E-state index contributed by atoms with van der Waals surface area (Å²) in [6.45, 7) is 8.25. The van der Waals surface area contributed by atoms with E-state index in [4.69, 9.17) is 9.47 Å². The lowest BCUT2D eigenvalue weighted by molar-refractivity contribution is 0.0371. The summed E-state index contributed by atoms with van der Waals surface area (Å²) < 4.78 is 11.6. The van der Waals surface area contributed by atoms with Crippen LogP contribution >= 0.6 is 0 Å². The van der Waals surface area contributed by atoms with E-state index in [1.807, 2.05) is 94.7 Å². The van der Waals surface area contributed by atoms with Gasteiger partial charge in [-0.1, -0.05) is 99.5 Å². The van der Waals surface area contributed by atoms with Gasteiger partial charge >= 0.3 is 12.1 Å². The highest BCUT2D eigenvalue weighted by Gasteiger charge is 2.16. The Bertz CT molecular complexity index is 1360. The van der Waals surface area contributed by atoms with Gasteiger partial charge in [0.15, 0.2) is 0 Å². The molecule has 8 nitrogen and oxygen atoms in total. The molecule has 0 aliphatic carbocycles. The summed E-state index contributed by atoms with van der Waals surface area (Å²) in [6, 6.07) is 27.7. The Morgan fingerprint density at radius 2 is 0.955 bits per heavy atom. The summed E-state index contributed by atoms with van der Waals surface area (Å²) in [5.41, 5.74) is 1.62. The maximum Gasteiger partial charge on any atom is 0.321 e. The Morgan fingerprint density at radius 1 is 0.545 bits per heavy atom. The summed E-state index contributed by atoms with van der Waals surface area (Å²) in [5.74, 6) is 0. The molecular weight excluding hydrogens is 552 g/mol. The van der Waals surface area contributed by atoms with Gasteiger partial charge in [0, 0.05) is 37.0 Å². The van der Waals surface area contributed by atoms with Crippen LogP contribution in [0.25, 0.3) is 21.5 Å². The lowest BCUT2D eigenvalue weighted by Crippen LogP contribution is -2.38. The predicted octanol–water partition coefficient (Wildman–Crippen LogP) is 7.99. The molecule has 0 heterocycles. The average Bonchev–Trinajstić information content (AvgIpc) is 3.05. The number of carbonyl (C=O) groups is 2. The number of amides is 4. The highest BCUT2D eigenvalue weighted by Crippen LogP contribution is 2.24. The standard InChI is InChI=1S/C36H46N4O4/c1-3-5-21-39(35(41)37-33-19-11-15-29-13-7-9-17-31(29)33)23-25-43-27-28-44-26-24-40(22-6-4-2)36(42)38-34-20-12-16-30-14-8-10-18-32(30)34/h7-20H,3-6,21-28H2,1-2H3,(H,37,41)(H,38,42). The molecule has 0 fully saturated rings. The van der Waals surface area contributed by atoms with E-state index in [0.717, 1.165) is 58.6 Å². The Kier molecular flexibility index (Phi) is 13.3. The third-order valence-corrected chi connectivity index (χ3v) is 7.58. The van der Waals surface area contributed by atoms with Gasteiger partial charge in [0.05, 0.1) is 37.8 Å². The molecule has 0 spiro atoms. The van der Waals surface area contributed by atoms with Gasteiger partial charge in [-0.05, 0) is 35.7 Å². The van der Waals surface area contributed by atoms with Crippen molar-refractivity contribution in [1.29, 1.82) is 0 Å². The first-order chi connectivity index (χ1) is 21.6. The number of ether oxygens (including phenoxy) is 2. The fraction of sp³-hybridized carbons (Fsp3) is 0.389. The highest BCUT2D eigenvalue weighted by atomic mass is 16.5. The number of nitrogens with one attached hydrogen (secondary N) is 2. The number of fused-ring (bicyclic) bond motifs is 2. The lowest BCUT2D eigenvalue weighted by atomic mass is 10.1. The quantitative estimate of drug-likeness (QED) is 0.121. The molecule has 44 heavy (non-hydrogen) atoms. The van der Waals surface area contributed by atoms with Crippen LogP contribution in [0, 0.1) is 0 Å². The van der Waals surface area contributed by atoms with E-state index in [1.54, 1.807) is 0 Å². The number of hydrogen-bond donors (Lipinski definition) is 2. The number of unbranched alkanes of at least 4 members (excludes halogenated alkanes) is 2. The molecule has 8 heteroatoms. The van der Waals surface area contributed by atoms with Gasteiger partial charge in [0.2, 0.25) is 0 Å². The third-order valence-electron chi connectivity index (χ3n) is 7.58. The molecule has 0 aromatic heterocycles. The smallest absolute Gasteiger partial charge is 0.321 e. The van der Waals surface area contributed by atoms with Crippen LogP contribution in [0.3, 0.4) is 0 Å². The third kappa shape index (κ3) is 9.69. The predicted molar refractivity (Wildman–Crippen MR) is 181 cm³/mol. The fourth-order valence-corrected chi connectivity index (χ4v) is 5.06. The van der Waals surface area contributed by atoms with E-state index in [9.17, 15) is 9.59 Å². The largest absolute Gasteiger partial charge is 0.377 e. The fourth-order valence-electron chi connectivity index (χ4n) is 5.06. The second-order valence-corrected chi connectivity index (χ2v) is 10.8. The van der Waals surface area contributed by atoms with E-state index >= 15 is 0 Å². The molecule has 0 bridgehead atoms. The zero-order valence-electron chi connectivity index (χ0n) is 26.1. The zero-order valence-corrected chi connectivity index (χ0v) is 26.1. The molecular formula is C36H46N4O4. The second kappa shape index (κ2) is 17.9. The van der Waals surface area contributed by atoms with Gasteiger partial charge in [-0.2, -0.15) is 0 Å². The number of rotatable bonds is 17. The molecule has 0 unspecified atom stereocenters. The highest BCUT2D eigenvalue weighted by molar-refractivity contribution is 6.02. The first-order valence-corrected chi connectivity index (χ1v) is 15.8. The Morgan fingerprint density at radius 3 is 1.39 bits per heavy atom. The minimum atomic E-state index is -0.122. The van der Waals surface area contributed by atoms with Crippen molar-refractivity contribution < 1.29 is 19.1 Å². The minimum absolute atomic E-state index is 0.122. The Hall–Kier alpha value is -4.14. The molecule has 0 aliphatic rings. The van der Waals surface area contributed by atoms with Crippen LogP contribution in [-0.2, 0) is 9.47 Å². The minimum Gasteiger partial charge on any atom is -0.377 e. The molecule has 4 amide bonds. The van der Waals surface area contributed by atoms with Crippen LogP contribution in [0.5, 0.6) is 0 Å². The van der Waals surface area contributed by atoms with Crippen LogP contribution in [0.1, 0.15) is 39.5 Å². The summed E-state index contributed by atoms with van der Waals surface area (Å²) >= 11 is 0. The first-order valence-electron chi connectivity index (χ1n) is 15.8. The molecule has 0 saturated heterocycles. The maximum absolute atomic E-state index is 13.1. The number of nitrogens with zero attached hydrogens (tertiary/aromatic N) is 2. The monoisotopic (exact) mass is 598 g/mol. The van der Waals surface area contributed by atoms with E-state index < -0.39 is 0 Å². The molecule has 4 rings (SSSR count). The Labute approximate surface area is 261 Å². The van der Waals surface area contributed by atoms with Gasteiger partial charge in [-0.15, -0.1) is 0 Å². The number of urea groups is 2. The molecule has 2 N–H and O–H groups in total. The van der Waals surface area contributed by atoms with Crippen LogP contribution in [0.2, 0.25) is 0 Å². The maximum atomic E-state index is 13.1. The number of benzene rings is 4. The van der Waals surface area contributed by atoms with Gasteiger partial charge < -0.3 is 29.9 Å². The van der Waals surface area contributed by atoms with Crippen LogP contribution in [0.4, 0.5) is 21.0 Å². The van der Waals surface area contributed by atoms with E-state index in [0.29, 0.717) is 52.6 Å². The van der Waals surface area contributed by atoms with Crippen molar-refractivity contribution in [3.63, 3.8) is 0 Å². The van der Waals surface area contributed by atoms with Crippen LogP contribution < -0.4 is 10.6 Å². The summed E-state index contributed by atoms with van der Waals surface area (Å²) in [7, 11) is 0. The van der Waals surface area contributed by atoms with E-state index in [-0.39, 0.29) is 12.1 Å². The Balaban J connectivity index is 1.18. The van der Waals surface area contributed by atoms with Crippen molar-refractivity contribution in [2.75, 3.05) is 63.2 Å². The van der Waals surface area contributed by atoms with Crippen molar-refractivity contribution in [3.05, 3.63) is 84.9 Å². The topological polar surface area (TPSA) is 83.1 Å². The SMILES string of the molecule is CCCCN(CCOCCOCCN(CCCC)C(=O)Nc1cccc2ccccc12)C(=O)Nc1cccc2ccccc12. The molecule has 234 valence electrons. The van der Waals surface area contributed by atoms with Gasteiger partial charge in [0.1, 0.15) is 0 Å². The number of hydrogen-bond acceptors (Lipinski definition) is 4. The normalized spacial score (nSPS) is 11.0. The molecule has 0 atom stereocenters. The summed E-state index contributed by atoms with van der Waals surface area (Å²) in [4.78, 5) is 29.9.